The molecule has 18 heavy (non-hydrogen) atoms. The van der Waals surface area contributed by atoms with Crippen LogP contribution >= 0.6 is 34.8 Å². The van der Waals surface area contributed by atoms with Crippen LogP contribution in [-0.4, -0.2) is 31.0 Å². The molecule has 0 atom stereocenters. The van der Waals surface area contributed by atoms with Crippen LogP contribution < -0.4 is 10.2 Å². The fraction of sp³-hybridized carbons (Fsp3) is 0.455. The molecule has 0 fully saturated rings. The van der Waals surface area contributed by atoms with E-state index in [2.05, 4.69) is 10.3 Å². The molecule has 0 bridgehead atoms. The highest BCUT2D eigenvalue weighted by molar-refractivity contribution is 6.42. The van der Waals surface area contributed by atoms with Gasteiger partial charge in [0.25, 0.3) is 0 Å². The summed E-state index contributed by atoms with van der Waals surface area (Å²) < 4.78 is 0. The number of rotatable bonds is 5. The van der Waals surface area contributed by atoms with Gasteiger partial charge in [0, 0.05) is 13.6 Å². The minimum Gasteiger partial charge on any atom is -0.358 e. The van der Waals surface area contributed by atoms with Crippen molar-refractivity contribution in [2.75, 3.05) is 25.0 Å². The molecule has 1 rings (SSSR count). The van der Waals surface area contributed by atoms with Crippen LogP contribution in [-0.2, 0) is 4.79 Å². The third-order valence-electron chi connectivity index (χ3n) is 2.27. The van der Waals surface area contributed by atoms with Crippen molar-refractivity contribution in [3.8, 4) is 0 Å². The van der Waals surface area contributed by atoms with E-state index in [1.165, 1.54) is 6.07 Å². The predicted octanol–water partition coefficient (Wildman–Crippen LogP) is 3.00. The Balaban J connectivity index is 3.05. The van der Waals surface area contributed by atoms with Crippen LogP contribution in [0.15, 0.2) is 6.07 Å². The number of carbonyl (C=O) groups is 1. The highest BCUT2D eigenvalue weighted by Gasteiger charge is 2.16. The summed E-state index contributed by atoms with van der Waals surface area (Å²) in [4.78, 5) is 17.3. The Morgan fingerprint density at radius 1 is 1.39 bits per heavy atom. The smallest absolute Gasteiger partial charge is 0.239 e. The third kappa shape index (κ3) is 3.90. The van der Waals surface area contributed by atoms with E-state index in [0.717, 1.165) is 6.42 Å². The number of pyridine rings is 1. The number of nitrogens with one attached hydrogen (secondary N) is 1. The summed E-state index contributed by atoms with van der Waals surface area (Å²) >= 11 is 17.8. The van der Waals surface area contributed by atoms with Crippen molar-refractivity contribution >= 4 is 46.5 Å². The summed E-state index contributed by atoms with van der Waals surface area (Å²) in [5.74, 6) is 0.351. The number of likely N-dealkylation sites (N-methyl/N-ethyl adjacent to an activating group) is 1. The minimum absolute atomic E-state index is 0.118. The van der Waals surface area contributed by atoms with E-state index in [-0.39, 0.29) is 17.6 Å². The van der Waals surface area contributed by atoms with Crippen molar-refractivity contribution in [1.29, 1.82) is 0 Å². The Hall–Kier alpha value is -0.710. The van der Waals surface area contributed by atoms with Gasteiger partial charge in [-0.1, -0.05) is 41.7 Å². The zero-order chi connectivity index (χ0) is 13.7. The van der Waals surface area contributed by atoms with E-state index in [1.54, 1.807) is 11.9 Å². The van der Waals surface area contributed by atoms with Gasteiger partial charge in [0.05, 0.1) is 16.6 Å². The molecule has 1 amide bonds. The van der Waals surface area contributed by atoms with E-state index < -0.39 is 0 Å². The molecule has 1 N–H and O–H groups in total. The highest BCUT2D eigenvalue weighted by Crippen LogP contribution is 2.31. The minimum atomic E-state index is -0.118. The zero-order valence-corrected chi connectivity index (χ0v) is 12.4. The maximum Gasteiger partial charge on any atom is 0.239 e. The van der Waals surface area contributed by atoms with Gasteiger partial charge in [-0.2, -0.15) is 0 Å². The van der Waals surface area contributed by atoms with Crippen LogP contribution in [0.1, 0.15) is 13.3 Å². The average molecular weight is 311 g/mol. The van der Waals surface area contributed by atoms with Crippen LogP contribution in [0.25, 0.3) is 0 Å². The van der Waals surface area contributed by atoms with Gasteiger partial charge in [-0.15, -0.1) is 0 Å². The molecular weight excluding hydrogens is 296 g/mol. The standard InChI is InChI=1S/C11H14Cl3N3O/c1-3-4-17(6-9(18)15-2)11-8(13)5-7(12)10(14)16-11/h5H,3-4,6H2,1-2H3,(H,15,18). The molecule has 1 aromatic heterocycles. The quantitative estimate of drug-likeness (QED) is 0.850. The molecule has 7 heteroatoms. The Morgan fingerprint density at radius 2 is 2.06 bits per heavy atom. The van der Waals surface area contributed by atoms with Gasteiger partial charge < -0.3 is 10.2 Å². The second-order valence-corrected chi connectivity index (χ2v) is 4.83. The lowest BCUT2D eigenvalue weighted by Gasteiger charge is -2.23. The molecule has 4 nitrogen and oxygen atoms in total. The number of hydrogen-bond donors (Lipinski definition) is 1. The van der Waals surface area contributed by atoms with Crippen LogP contribution in [0.2, 0.25) is 15.2 Å². The van der Waals surface area contributed by atoms with Gasteiger partial charge in [-0.05, 0) is 12.5 Å². The molecule has 100 valence electrons. The molecule has 0 aliphatic rings. The van der Waals surface area contributed by atoms with Crippen molar-refractivity contribution in [3.05, 3.63) is 21.3 Å². The molecule has 1 heterocycles. The summed E-state index contributed by atoms with van der Waals surface area (Å²) in [6.07, 6.45) is 0.856. The number of amides is 1. The van der Waals surface area contributed by atoms with E-state index in [4.69, 9.17) is 34.8 Å². The summed E-state index contributed by atoms with van der Waals surface area (Å²) in [5, 5.41) is 3.40. The lowest BCUT2D eigenvalue weighted by molar-refractivity contribution is -0.119. The van der Waals surface area contributed by atoms with Gasteiger partial charge in [-0.3, -0.25) is 4.79 Å². The summed E-state index contributed by atoms with van der Waals surface area (Å²) in [6.45, 7) is 2.83. The largest absolute Gasteiger partial charge is 0.358 e. The maximum atomic E-state index is 11.5. The molecule has 0 unspecified atom stereocenters. The number of aromatic nitrogens is 1. The molecular formula is C11H14Cl3N3O. The van der Waals surface area contributed by atoms with Crippen LogP contribution in [0.4, 0.5) is 5.82 Å². The SMILES string of the molecule is CCCN(CC(=O)NC)c1nc(Cl)c(Cl)cc1Cl. The Kier molecular flexibility index (Phi) is 5.99. The number of carbonyl (C=O) groups excluding carboxylic acids is 1. The molecule has 0 saturated heterocycles. The van der Waals surface area contributed by atoms with Crippen molar-refractivity contribution in [1.82, 2.24) is 10.3 Å². The first kappa shape index (κ1) is 15.3. The van der Waals surface area contributed by atoms with E-state index in [9.17, 15) is 4.79 Å². The fourth-order valence-corrected chi connectivity index (χ4v) is 2.05. The lowest BCUT2D eigenvalue weighted by Crippen LogP contribution is -2.36. The molecule has 0 spiro atoms. The van der Waals surface area contributed by atoms with Gasteiger partial charge in [-0.25, -0.2) is 4.98 Å². The molecule has 0 radical (unpaired) electrons. The van der Waals surface area contributed by atoms with E-state index in [1.807, 2.05) is 6.92 Å². The zero-order valence-electron chi connectivity index (χ0n) is 10.1. The number of anilines is 1. The highest BCUT2D eigenvalue weighted by atomic mass is 35.5. The van der Waals surface area contributed by atoms with E-state index in [0.29, 0.717) is 22.4 Å². The van der Waals surface area contributed by atoms with Crippen molar-refractivity contribution < 1.29 is 4.79 Å². The predicted molar refractivity (Wildman–Crippen MR) is 75.8 cm³/mol. The molecule has 0 aromatic carbocycles. The monoisotopic (exact) mass is 309 g/mol. The first-order valence-electron chi connectivity index (χ1n) is 5.46. The number of halogens is 3. The Labute approximate surface area is 121 Å². The average Bonchev–Trinajstić information content (AvgIpc) is 2.33. The Bertz CT molecular complexity index is 440. The molecule has 0 saturated carbocycles. The fourth-order valence-electron chi connectivity index (χ4n) is 1.44. The van der Waals surface area contributed by atoms with Crippen LogP contribution in [0, 0.1) is 0 Å². The molecule has 0 aliphatic heterocycles. The van der Waals surface area contributed by atoms with Crippen molar-refractivity contribution in [3.63, 3.8) is 0 Å². The molecule has 1 aromatic rings. The van der Waals surface area contributed by atoms with Gasteiger partial charge in [0.1, 0.15) is 11.0 Å². The first-order valence-corrected chi connectivity index (χ1v) is 6.60. The maximum absolute atomic E-state index is 11.5. The van der Waals surface area contributed by atoms with Gasteiger partial charge in [0.15, 0.2) is 0 Å². The third-order valence-corrected chi connectivity index (χ3v) is 3.23. The lowest BCUT2D eigenvalue weighted by atomic mass is 10.3. The number of nitrogens with zero attached hydrogens (tertiary/aromatic N) is 2. The number of hydrogen-bond acceptors (Lipinski definition) is 3. The normalized spacial score (nSPS) is 10.3. The van der Waals surface area contributed by atoms with Crippen molar-refractivity contribution in [2.24, 2.45) is 0 Å². The molecule has 0 aliphatic carbocycles. The topological polar surface area (TPSA) is 45.2 Å². The second kappa shape index (κ2) is 7.02. The van der Waals surface area contributed by atoms with Gasteiger partial charge in [0.2, 0.25) is 5.91 Å². The van der Waals surface area contributed by atoms with Crippen LogP contribution in [0.5, 0.6) is 0 Å². The van der Waals surface area contributed by atoms with Crippen LogP contribution in [0.3, 0.4) is 0 Å². The summed E-state index contributed by atoms with van der Waals surface area (Å²) in [6, 6.07) is 1.53. The van der Waals surface area contributed by atoms with Gasteiger partial charge >= 0.3 is 0 Å². The van der Waals surface area contributed by atoms with Crippen molar-refractivity contribution in [2.45, 2.75) is 13.3 Å². The van der Waals surface area contributed by atoms with E-state index >= 15 is 0 Å². The first-order chi connectivity index (χ1) is 8.49. The summed E-state index contributed by atoms with van der Waals surface area (Å²) in [7, 11) is 1.58. The summed E-state index contributed by atoms with van der Waals surface area (Å²) in [5.41, 5.74) is 0. The second-order valence-electron chi connectivity index (χ2n) is 3.66. The Morgan fingerprint density at radius 3 is 2.61 bits per heavy atom.